The average Bonchev–Trinajstić information content (AvgIpc) is 3.37. The minimum atomic E-state index is -0.767. The molecular weight excluding hydrogens is 873 g/mol. The first kappa shape index (κ1) is 69.6. The largest absolute Gasteiger partial charge is 0.462 e. The van der Waals surface area contributed by atoms with Gasteiger partial charge < -0.3 is 14.6 Å². The molecule has 1 unspecified atom stereocenters. The van der Waals surface area contributed by atoms with Gasteiger partial charge in [0.2, 0.25) is 0 Å². The van der Waals surface area contributed by atoms with Gasteiger partial charge >= 0.3 is 11.9 Å². The summed E-state index contributed by atoms with van der Waals surface area (Å²) >= 11 is 0. The van der Waals surface area contributed by atoms with E-state index in [-0.39, 0.29) is 25.2 Å². The van der Waals surface area contributed by atoms with Crippen molar-refractivity contribution in [3.05, 3.63) is 12.2 Å². The molecule has 0 amide bonds. The minimum absolute atomic E-state index is 0.0573. The van der Waals surface area contributed by atoms with Gasteiger partial charge in [0, 0.05) is 12.8 Å². The molecule has 1 atom stereocenters. The lowest BCUT2D eigenvalue weighted by molar-refractivity contribution is -0.161. The molecule has 0 aliphatic heterocycles. The zero-order chi connectivity index (χ0) is 51.3. The average molecular weight is 1000 g/mol. The molecule has 0 aromatic carbocycles. The van der Waals surface area contributed by atoms with E-state index in [1.54, 1.807) is 0 Å². The van der Waals surface area contributed by atoms with Crippen molar-refractivity contribution in [2.45, 2.75) is 386 Å². The Labute approximate surface area is 445 Å². The number of unbranched alkanes of at least 4 members (excludes halogenated alkanes) is 52. The van der Waals surface area contributed by atoms with E-state index in [1.165, 1.54) is 321 Å². The van der Waals surface area contributed by atoms with Crippen LogP contribution in [0.1, 0.15) is 380 Å². The van der Waals surface area contributed by atoms with Crippen LogP contribution >= 0.6 is 0 Å². The van der Waals surface area contributed by atoms with E-state index in [9.17, 15) is 14.7 Å². The van der Waals surface area contributed by atoms with Crippen molar-refractivity contribution in [2.75, 3.05) is 13.2 Å². The van der Waals surface area contributed by atoms with Crippen LogP contribution in [0.15, 0.2) is 12.2 Å². The maximum absolute atomic E-state index is 12.3. The zero-order valence-electron chi connectivity index (χ0n) is 48.5. The number of carbonyl (C=O) groups excluding carboxylic acids is 2. The molecule has 1 N–H and O–H groups in total. The molecule has 5 heteroatoms. The first-order valence-corrected chi connectivity index (χ1v) is 32.7. The van der Waals surface area contributed by atoms with Crippen LogP contribution in [-0.2, 0) is 19.1 Å². The molecular formula is C66H128O5. The Balaban J connectivity index is 3.38. The Morgan fingerprint density at radius 2 is 0.521 bits per heavy atom. The SMILES string of the molecule is CCCCCCCCCC/C=C\CCCCCCCCCCCCCCCCCC(=O)OC(CO)COC(=O)CCCCCCCCCCCCCCCCCCCCCCCCCCCCCCCC. The standard InChI is InChI=1S/C66H128O5/c1-3-5-7-9-11-13-15-17-19-21-23-25-27-29-31-32-33-35-36-38-40-42-44-46-48-50-52-54-56-58-60-65(68)70-63-64(62-67)71-66(69)61-59-57-55-53-51-49-47-45-43-41-39-37-34-30-28-26-24-22-20-18-16-14-12-10-8-6-4-2/h22,24,64,67H,3-21,23,25-63H2,1-2H3/b24-22-. The Morgan fingerprint density at radius 1 is 0.310 bits per heavy atom. The lowest BCUT2D eigenvalue weighted by Gasteiger charge is -2.15. The van der Waals surface area contributed by atoms with Crippen LogP contribution in [0, 0.1) is 0 Å². The maximum Gasteiger partial charge on any atom is 0.306 e. The maximum atomic E-state index is 12.3. The molecule has 0 aromatic rings. The number of aliphatic hydroxyl groups is 1. The molecule has 0 heterocycles. The van der Waals surface area contributed by atoms with E-state index in [0.29, 0.717) is 12.8 Å². The fraction of sp³-hybridized carbons (Fsp3) is 0.939. The van der Waals surface area contributed by atoms with Gasteiger partial charge in [-0.05, 0) is 38.5 Å². The van der Waals surface area contributed by atoms with Crippen molar-refractivity contribution < 1.29 is 24.2 Å². The van der Waals surface area contributed by atoms with E-state index in [0.717, 1.165) is 32.1 Å². The summed E-state index contributed by atoms with van der Waals surface area (Å²) in [6.45, 7) is 4.21. The highest BCUT2D eigenvalue weighted by molar-refractivity contribution is 5.70. The van der Waals surface area contributed by atoms with Gasteiger partial charge in [-0.15, -0.1) is 0 Å². The predicted molar refractivity (Wildman–Crippen MR) is 312 cm³/mol. The Morgan fingerprint density at radius 3 is 0.761 bits per heavy atom. The van der Waals surface area contributed by atoms with Gasteiger partial charge in [-0.1, -0.05) is 341 Å². The quantitative estimate of drug-likeness (QED) is 0.0373. The summed E-state index contributed by atoms with van der Waals surface area (Å²) < 4.78 is 10.8. The monoisotopic (exact) mass is 1000 g/mol. The summed E-state index contributed by atoms with van der Waals surface area (Å²) in [5.74, 6) is -0.564. The number of aliphatic hydroxyl groups excluding tert-OH is 1. The number of hydrogen-bond acceptors (Lipinski definition) is 5. The van der Waals surface area contributed by atoms with Crippen molar-refractivity contribution >= 4 is 11.9 Å². The molecule has 0 aliphatic rings. The molecule has 0 spiro atoms. The topological polar surface area (TPSA) is 72.8 Å². The molecule has 0 rings (SSSR count). The van der Waals surface area contributed by atoms with Crippen LogP contribution in [0.2, 0.25) is 0 Å². The van der Waals surface area contributed by atoms with Crippen LogP contribution in [-0.4, -0.2) is 36.4 Å². The minimum Gasteiger partial charge on any atom is -0.462 e. The third-order valence-corrected chi connectivity index (χ3v) is 15.3. The van der Waals surface area contributed by atoms with E-state index in [4.69, 9.17) is 9.47 Å². The van der Waals surface area contributed by atoms with Crippen molar-refractivity contribution in [3.8, 4) is 0 Å². The van der Waals surface area contributed by atoms with E-state index in [2.05, 4.69) is 26.0 Å². The molecule has 0 saturated heterocycles. The first-order valence-electron chi connectivity index (χ1n) is 32.7. The van der Waals surface area contributed by atoms with Gasteiger partial charge in [0.25, 0.3) is 0 Å². The molecule has 5 nitrogen and oxygen atoms in total. The fourth-order valence-electron chi connectivity index (χ4n) is 10.4. The summed E-state index contributed by atoms with van der Waals surface area (Å²) in [5.41, 5.74) is 0. The smallest absolute Gasteiger partial charge is 0.306 e. The van der Waals surface area contributed by atoms with Crippen molar-refractivity contribution in [1.29, 1.82) is 0 Å². The summed E-state index contributed by atoms with van der Waals surface area (Å²) in [5, 5.41) is 9.68. The number of hydrogen-bond donors (Lipinski definition) is 1. The van der Waals surface area contributed by atoms with E-state index >= 15 is 0 Å². The summed E-state index contributed by atoms with van der Waals surface area (Å²) in [4.78, 5) is 24.6. The fourth-order valence-corrected chi connectivity index (χ4v) is 10.4. The van der Waals surface area contributed by atoms with Gasteiger partial charge in [-0.2, -0.15) is 0 Å². The first-order chi connectivity index (χ1) is 35.1. The summed E-state index contributed by atoms with van der Waals surface area (Å²) in [6, 6.07) is 0. The summed E-state index contributed by atoms with van der Waals surface area (Å²) in [7, 11) is 0. The number of carbonyl (C=O) groups is 2. The number of ether oxygens (including phenoxy) is 2. The second-order valence-corrected chi connectivity index (χ2v) is 22.6. The lowest BCUT2D eigenvalue weighted by atomic mass is 10.0. The van der Waals surface area contributed by atoms with Gasteiger partial charge in [0.15, 0.2) is 6.10 Å². The van der Waals surface area contributed by atoms with Gasteiger partial charge in [0.05, 0.1) is 6.61 Å². The lowest BCUT2D eigenvalue weighted by Crippen LogP contribution is -2.28. The van der Waals surface area contributed by atoms with E-state index < -0.39 is 6.10 Å². The van der Waals surface area contributed by atoms with Crippen LogP contribution < -0.4 is 0 Å². The molecule has 71 heavy (non-hydrogen) atoms. The van der Waals surface area contributed by atoms with Crippen LogP contribution in [0.4, 0.5) is 0 Å². The molecule has 0 saturated carbocycles. The number of esters is 2. The molecule has 0 fully saturated rings. The number of allylic oxidation sites excluding steroid dienone is 2. The Kier molecular flexibility index (Phi) is 61.7. The molecule has 0 aliphatic carbocycles. The van der Waals surface area contributed by atoms with Crippen molar-refractivity contribution in [3.63, 3.8) is 0 Å². The van der Waals surface area contributed by atoms with Gasteiger partial charge in [-0.25, -0.2) is 0 Å². The second-order valence-electron chi connectivity index (χ2n) is 22.6. The Hall–Kier alpha value is -1.36. The highest BCUT2D eigenvalue weighted by Crippen LogP contribution is 2.19. The number of rotatable bonds is 62. The third-order valence-electron chi connectivity index (χ3n) is 15.3. The normalized spacial score (nSPS) is 12.1. The van der Waals surface area contributed by atoms with Crippen LogP contribution in [0.5, 0.6) is 0 Å². The van der Waals surface area contributed by atoms with Crippen molar-refractivity contribution in [2.24, 2.45) is 0 Å². The molecule has 422 valence electrons. The summed E-state index contributed by atoms with van der Waals surface area (Å²) in [6.07, 6.45) is 79.5. The molecule has 0 bridgehead atoms. The predicted octanol–water partition coefficient (Wildman–Crippen LogP) is 22.3. The van der Waals surface area contributed by atoms with Crippen molar-refractivity contribution in [1.82, 2.24) is 0 Å². The van der Waals surface area contributed by atoms with Gasteiger partial charge in [-0.3, -0.25) is 9.59 Å². The second kappa shape index (κ2) is 62.9. The highest BCUT2D eigenvalue weighted by Gasteiger charge is 2.16. The van der Waals surface area contributed by atoms with Gasteiger partial charge in [0.1, 0.15) is 6.61 Å². The third kappa shape index (κ3) is 61.1. The molecule has 0 radical (unpaired) electrons. The van der Waals surface area contributed by atoms with Crippen LogP contribution in [0.3, 0.4) is 0 Å². The van der Waals surface area contributed by atoms with E-state index in [1.807, 2.05) is 0 Å². The Bertz CT molecular complexity index is 1040. The molecule has 0 aromatic heterocycles. The highest BCUT2D eigenvalue weighted by atomic mass is 16.6. The zero-order valence-corrected chi connectivity index (χ0v) is 48.5. The van der Waals surface area contributed by atoms with Crippen LogP contribution in [0.25, 0.3) is 0 Å².